The van der Waals surface area contributed by atoms with Crippen molar-refractivity contribution in [2.75, 3.05) is 13.7 Å². The molecule has 190 valence electrons. The molecule has 1 unspecified atom stereocenters. The Labute approximate surface area is 212 Å². The van der Waals surface area contributed by atoms with Crippen LogP contribution < -0.4 is 14.8 Å². The molecule has 1 N–H and O–H groups in total. The molecule has 0 fully saturated rings. The molecule has 36 heavy (non-hydrogen) atoms. The van der Waals surface area contributed by atoms with E-state index in [1.807, 2.05) is 75.4 Å². The van der Waals surface area contributed by atoms with Crippen LogP contribution in [0.4, 0.5) is 4.39 Å². The number of rotatable bonds is 10. The van der Waals surface area contributed by atoms with Crippen LogP contribution in [0.5, 0.6) is 11.5 Å². The average molecular weight is 493 g/mol. The van der Waals surface area contributed by atoms with Crippen molar-refractivity contribution >= 4 is 11.8 Å². The monoisotopic (exact) mass is 492 g/mol. The van der Waals surface area contributed by atoms with Crippen molar-refractivity contribution in [3.8, 4) is 11.5 Å². The van der Waals surface area contributed by atoms with Gasteiger partial charge in [0.05, 0.1) is 7.11 Å². The second-order valence-corrected chi connectivity index (χ2v) is 9.56. The zero-order chi connectivity index (χ0) is 26.1. The summed E-state index contributed by atoms with van der Waals surface area (Å²) >= 11 is 0. The van der Waals surface area contributed by atoms with Crippen LogP contribution in [0, 0.1) is 5.82 Å². The average Bonchev–Trinajstić information content (AvgIpc) is 2.85. The Morgan fingerprint density at radius 1 is 0.917 bits per heavy atom. The first-order valence-corrected chi connectivity index (χ1v) is 11.8. The normalized spacial score (nSPS) is 11.9. The van der Waals surface area contributed by atoms with Gasteiger partial charge in [-0.3, -0.25) is 9.59 Å². The van der Waals surface area contributed by atoms with Gasteiger partial charge >= 0.3 is 0 Å². The van der Waals surface area contributed by atoms with Crippen LogP contribution >= 0.6 is 0 Å². The molecule has 3 aromatic rings. The van der Waals surface area contributed by atoms with Crippen LogP contribution in [0.1, 0.15) is 31.9 Å². The van der Waals surface area contributed by atoms with Gasteiger partial charge in [-0.25, -0.2) is 4.39 Å². The van der Waals surface area contributed by atoms with Crippen LogP contribution in [0.25, 0.3) is 0 Å². The lowest BCUT2D eigenvalue weighted by atomic mass is 10.0. The third-order valence-corrected chi connectivity index (χ3v) is 5.43. The molecule has 3 rings (SSSR count). The van der Waals surface area contributed by atoms with E-state index in [1.165, 1.54) is 29.2 Å². The van der Waals surface area contributed by atoms with Crippen molar-refractivity contribution in [3.63, 3.8) is 0 Å². The smallest absolute Gasteiger partial charge is 0.261 e. The van der Waals surface area contributed by atoms with Gasteiger partial charge in [-0.05, 0) is 68.3 Å². The molecule has 0 aromatic heterocycles. The van der Waals surface area contributed by atoms with Gasteiger partial charge in [-0.1, -0.05) is 42.5 Å². The maximum Gasteiger partial charge on any atom is 0.261 e. The minimum atomic E-state index is -0.790. The minimum Gasteiger partial charge on any atom is -0.497 e. The number of methoxy groups -OCH3 is 1. The van der Waals surface area contributed by atoms with E-state index < -0.39 is 17.4 Å². The van der Waals surface area contributed by atoms with Crippen LogP contribution in [0.3, 0.4) is 0 Å². The molecule has 0 aliphatic carbocycles. The molecule has 0 saturated carbocycles. The van der Waals surface area contributed by atoms with E-state index in [9.17, 15) is 14.0 Å². The highest BCUT2D eigenvalue weighted by molar-refractivity contribution is 5.89. The highest BCUT2D eigenvalue weighted by Crippen LogP contribution is 2.20. The van der Waals surface area contributed by atoms with Crippen LogP contribution in [-0.2, 0) is 22.6 Å². The summed E-state index contributed by atoms with van der Waals surface area (Å²) in [5.74, 6) is -0.00216. The fourth-order valence-corrected chi connectivity index (χ4v) is 3.73. The summed E-state index contributed by atoms with van der Waals surface area (Å²) in [6.07, 6.45) is 0.328. The van der Waals surface area contributed by atoms with E-state index >= 15 is 0 Å². The molecular formula is C29H33FN2O4. The van der Waals surface area contributed by atoms with Crippen molar-refractivity contribution in [3.05, 3.63) is 95.8 Å². The van der Waals surface area contributed by atoms with Crippen molar-refractivity contribution < 1.29 is 23.5 Å². The van der Waals surface area contributed by atoms with Crippen molar-refractivity contribution in [2.24, 2.45) is 0 Å². The molecule has 6 nitrogen and oxygen atoms in total. The molecule has 0 spiro atoms. The zero-order valence-corrected chi connectivity index (χ0v) is 21.2. The largest absolute Gasteiger partial charge is 0.497 e. The minimum absolute atomic E-state index is 0.178. The van der Waals surface area contributed by atoms with E-state index in [1.54, 1.807) is 7.11 Å². The van der Waals surface area contributed by atoms with Crippen LogP contribution in [-0.4, -0.2) is 42.0 Å². The van der Waals surface area contributed by atoms with E-state index in [0.29, 0.717) is 17.9 Å². The number of ether oxygens (including phenoxy) is 2. The van der Waals surface area contributed by atoms with E-state index in [0.717, 1.165) is 11.1 Å². The second kappa shape index (κ2) is 12.2. The van der Waals surface area contributed by atoms with E-state index in [4.69, 9.17) is 9.47 Å². The van der Waals surface area contributed by atoms with Gasteiger partial charge in [0, 0.05) is 18.5 Å². The summed E-state index contributed by atoms with van der Waals surface area (Å²) < 4.78 is 24.3. The Kier molecular flexibility index (Phi) is 9.06. The molecule has 0 radical (unpaired) electrons. The van der Waals surface area contributed by atoms with Gasteiger partial charge in [0.2, 0.25) is 5.91 Å². The molecule has 0 aliphatic rings. The first-order chi connectivity index (χ1) is 17.1. The fourth-order valence-electron chi connectivity index (χ4n) is 3.73. The van der Waals surface area contributed by atoms with Gasteiger partial charge in [0.15, 0.2) is 6.61 Å². The summed E-state index contributed by atoms with van der Waals surface area (Å²) in [6, 6.07) is 21.6. The van der Waals surface area contributed by atoms with Gasteiger partial charge < -0.3 is 19.7 Å². The number of hydrogen-bond acceptors (Lipinski definition) is 4. The molecule has 1 atom stereocenters. The SMILES string of the molecule is COc1cccc(CN(C(=O)COc2ccc(F)cc2)C(Cc2ccccc2)C(=O)NC(C)(C)C)c1. The lowest BCUT2D eigenvalue weighted by molar-refractivity contribution is -0.143. The number of carbonyl (C=O) groups excluding carboxylic acids is 2. The Bertz CT molecular complexity index is 1140. The zero-order valence-electron chi connectivity index (χ0n) is 21.2. The molecular weight excluding hydrogens is 459 g/mol. The number of halogens is 1. The summed E-state index contributed by atoms with van der Waals surface area (Å²) in [6.45, 7) is 5.57. The predicted octanol–water partition coefficient (Wildman–Crippen LogP) is 4.77. The number of nitrogens with one attached hydrogen (secondary N) is 1. The molecule has 7 heteroatoms. The lowest BCUT2D eigenvalue weighted by Crippen LogP contribution is -2.55. The Morgan fingerprint density at radius 3 is 2.22 bits per heavy atom. The third kappa shape index (κ3) is 8.12. The third-order valence-electron chi connectivity index (χ3n) is 5.43. The van der Waals surface area contributed by atoms with Gasteiger partial charge in [0.25, 0.3) is 5.91 Å². The van der Waals surface area contributed by atoms with Crippen molar-refractivity contribution in [2.45, 2.75) is 45.3 Å². The quantitative estimate of drug-likeness (QED) is 0.443. The maximum absolute atomic E-state index is 13.6. The first kappa shape index (κ1) is 26.7. The number of hydrogen-bond donors (Lipinski definition) is 1. The Hall–Kier alpha value is -3.87. The van der Waals surface area contributed by atoms with Gasteiger partial charge in [-0.15, -0.1) is 0 Å². The maximum atomic E-state index is 13.6. The number of benzene rings is 3. The van der Waals surface area contributed by atoms with E-state index in [2.05, 4.69) is 5.32 Å². The number of amides is 2. The molecule has 0 heterocycles. The highest BCUT2D eigenvalue weighted by atomic mass is 19.1. The molecule has 0 bridgehead atoms. The summed E-state index contributed by atoms with van der Waals surface area (Å²) in [5.41, 5.74) is 1.25. The molecule has 2 amide bonds. The molecule has 0 saturated heterocycles. The molecule has 0 aliphatic heterocycles. The van der Waals surface area contributed by atoms with Crippen molar-refractivity contribution in [1.29, 1.82) is 0 Å². The van der Waals surface area contributed by atoms with Crippen LogP contribution in [0.2, 0.25) is 0 Å². The standard InChI is InChI=1S/C29H33FN2O4/c1-29(2,3)31-28(34)26(18-21-9-6-5-7-10-21)32(19-22-11-8-12-25(17-22)35-4)27(33)20-36-24-15-13-23(30)14-16-24/h5-17,26H,18-20H2,1-4H3,(H,31,34). The summed E-state index contributed by atoms with van der Waals surface area (Å²) in [7, 11) is 1.58. The molecule has 3 aromatic carbocycles. The number of carbonyl (C=O) groups is 2. The summed E-state index contributed by atoms with van der Waals surface area (Å²) in [4.78, 5) is 28.6. The highest BCUT2D eigenvalue weighted by Gasteiger charge is 2.32. The second-order valence-electron chi connectivity index (χ2n) is 9.56. The summed E-state index contributed by atoms with van der Waals surface area (Å²) in [5, 5.41) is 3.02. The first-order valence-electron chi connectivity index (χ1n) is 11.8. The Balaban J connectivity index is 1.93. The van der Waals surface area contributed by atoms with Crippen molar-refractivity contribution in [1.82, 2.24) is 10.2 Å². The van der Waals surface area contributed by atoms with Crippen LogP contribution in [0.15, 0.2) is 78.9 Å². The van der Waals surface area contributed by atoms with Gasteiger partial charge in [-0.2, -0.15) is 0 Å². The fraction of sp³-hybridized carbons (Fsp3) is 0.310. The topological polar surface area (TPSA) is 67.9 Å². The van der Waals surface area contributed by atoms with E-state index in [-0.39, 0.29) is 25.0 Å². The lowest BCUT2D eigenvalue weighted by Gasteiger charge is -2.33. The Morgan fingerprint density at radius 2 is 1.58 bits per heavy atom. The van der Waals surface area contributed by atoms with Gasteiger partial charge in [0.1, 0.15) is 23.4 Å². The predicted molar refractivity (Wildman–Crippen MR) is 137 cm³/mol. The number of nitrogens with zero attached hydrogens (tertiary/aromatic N) is 1.